The Kier molecular flexibility index (Phi) is 4.37. The second-order valence-corrected chi connectivity index (χ2v) is 7.56. The molecule has 1 saturated heterocycles. The van der Waals surface area contributed by atoms with Crippen LogP contribution in [0.4, 0.5) is 0 Å². The van der Waals surface area contributed by atoms with Crippen molar-refractivity contribution in [2.45, 2.75) is 38.2 Å². The van der Waals surface area contributed by atoms with E-state index in [9.17, 15) is 9.59 Å². The van der Waals surface area contributed by atoms with Gasteiger partial charge in [-0.3, -0.25) is 9.59 Å². The minimum atomic E-state index is -0.638. The third-order valence-corrected chi connectivity index (χ3v) is 5.17. The number of piperidine rings is 1. The molecule has 1 aromatic heterocycles. The lowest BCUT2D eigenvalue weighted by atomic mass is 9.92. The van der Waals surface area contributed by atoms with E-state index < -0.39 is 5.60 Å². The number of nitrogens with zero attached hydrogens (tertiary/aromatic N) is 2. The number of likely N-dealkylation sites (tertiary alicyclic amines) is 1. The van der Waals surface area contributed by atoms with Crippen LogP contribution < -0.4 is 10.1 Å². The van der Waals surface area contributed by atoms with Crippen LogP contribution in [-0.4, -0.2) is 47.1 Å². The van der Waals surface area contributed by atoms with Crippen molar-refractivity contribution in [2.24, 2.45) is 0 Å². The van der Waals surface area contributed by atoms with Crippen molar-refractivity contribution in [3.63, 3.8) is 0 Å². The Morgan fingerprint density at radius 3 is 2.93 bits per heavy atom. The molecule has 1 spiro atoms. The van der Waals surface area contributed by atoms with E-state index in [1.165, 1.54) is 0 Å². The number of amides is 2. The van der Waals surface area contributed by atoms with Crippen molar-refractivity contribution in [3.8, 4) is 5.75 Å². The van der Waals surface area contributed by atoms with Crippen molar-refractivity contribution in [3.05, 3.63) is 47.3 Å². The first kappa shape index (κ1) is 17.6. The van der Waals surface area contributed by atoms with Crippen molar-refractivity contribution in [2.75, 3.05) is 19.6 Å². The molecule has 0 radical (unpaired) electrons. The summed E-state index contributed by atoms with van der Waals surface area (Å²) in [6.45, 7) is 5.36. The Balaban J connectivity index is 1.57. The van der Waals surface area contributed by atoms with Crippen molar-refractivity contribution < 1.29 is 18.8 Å². The zero-order valence-corrected chi connectivity index (χ0v) is 15.5. The number of benzene rings is 1. The average Bonchev–Trinajstić information content (AvgIpc) is 3.12. The number of hydrogen-bond acceptors (Lipinski definition) is 5. The lowest BCUT2D eigenvalue weighted by molar-refractivity contribution is -0.00123. The minimum Gasteiger partial charge on any atom is -0.483 e. The standard InChI is InChI=1S/C20H23N3O4/c1-13(2)17-10-15(22-27-17)19(25)23-9-5-8-20(12-23)11-21-18(24)14-6-3-4-7-16(14)26-20/h3-4,6-7,10,13H,5,8-9,11-12H2,1-2H3,(H,21,24). The SMILES string of the molecule is CC(C)c1cc(C(=O)N2CCCC3(CNC(=O)c4ccccc4O3)C2)no1. The lowest BCUT2D eigenvalue weighted by Gasteiger charge is -2.41. The van der Waals surface area contributed by atoms with Crippen LogP contribution in [0.15, 0.2) is 34.9 Å². The smallest absolute Gasteiger partial charge is 0.276 e. The highest BCUT2D eigenvalue weighted by Gasteiger charge is 2.42. The summed E-state index contributed by atoms with van der Waals surface area (Å²) in [5.41, 5.74) is 0.200. The largest absolute Gasteiger partial charge is 0.483 e. The number of para-hydroxylation sites is 1. The molecule has 1 atom stereocenters. The summed E-state index contributed by atoms with van der Waals surface area (Å²) in [7, 11) is 0. The van der Waals surface area contributed by atoms with Crippen molar-refractivity contribution >= 4 is 11.8 Å². The first-order chi connectivity index (χ1) is 13.0. The topological polar surface area (TPSA) is 84.7 Å². The van der Waals surface area contributed by atoms with Gasteiger partial charge in [-0.05, 0) is 25.0 Å². The van der Waals surface area contributed by atoms with Crippen LogP contribution >= 0.6 is 0 Å². The maximum Gasteiger partial charge on any atom is 0.276 e. The Morgan fingerprint density at radius 2 is 2.15 bits per heavy atom. The van der Waals surface area contributed by atoms with Gasteiger partial charge in [0, 0.05) is 18.5 Å². The van der Waals surface area contributed by atoms with Crippen molar-refractivity contribution in [1.29, 1.82) is 0 Å². The fraction of sp³-hybridized carbons (Fsp3) is 0.450. The van der Waals surface area contributed by atoms with Gasteiger partial charge in [-0.2, -0.15) is 0 Å². The minimum absolute atomic E-state index is 0.149. The molecule has 4 rings (SSSR count). The number of carbonyl (C=O) groups excluding carboxylic acids is 2. The molecule has 2 amide bonds. The Morgan fingerprint density at radius 1 is 1.33 bits per heavy atom. The Bertz CT molecular complexity index is 876. The van der Waals surface area contributed by atoms with E-state index in [0.29, 0.717) is 42.4 Å². The van der Waals surface area contributed by atoms with E-state index in [-0.39, 0.29) is 17.7 Å². The van der Waals surface area contributed by atoms with Gasteiger partial charge in [-0.1, -0.05) is 31.1 Å². The van der Waals surface area contributed by atoms with E-state index in [1.807, 2.05) is 26.0 Å². The summed E-state index contributed by atoms with van der Waals surface area (Å²) >= 11 is 0. The molecule has 7 nitrogen and oxygen atoms in total. The zero-order valence-electron chi connectivity index (χ0n) is 15.5. The number of aromatic nitrogens is 1. The molecule has 2 aromatic rings. The van der Waals surface area contributed by atoms with Crippen LogP contribution in [0, 0.1) is 0 Å². The molecule has 27 heavy (non-hydrogen) atoms. The number of carbonyl (C=O) groups is 2. The third-order valence-electron chi connectivity index (χ3n) is 5.17. The van der Waals surface area contributed by atoms with Gasteiger partial charge in [0.1, 0.15) is 17.1 Å². The fourth-order valence-electron chi connectivity index (χ4n) is 3.67. The predicted octanol–water partition coefficient (Wildman–Crippen LogP) is 2.60. The highest BCUT2D eigenvalue weighted by Crippen LogP contribution is 2.32. The van der Waals surface area contributed by atoms with Gasteiger partial charge in [0.05, 0.1) is 18.7 Å². The molecule has 0 aliphatic carbocycles. The quantitative estimate of drug-likeness (QED) is 0.880. The maximum atomic E-state index is 12.9. The van der Waals surface area contributed by atoms with Gasteiger partial charge >= 0.3 is 0 Å². The first-order valence-electron chi connectivity index (χ1n) is 9.30. The van der Waals surface area contributed by atoms with Gasteiger partial charge in [-0.25, -0.2) is 0 Å². The van der Waals surface area contributed by atoms with Gasteiger partial charge in [-0.15, -0.1) is 0 Å². The van der Waals surface area contributed by atoms with E-state index in [1.54, 1.807) is 23.1 Å². The van der Waals surface area contributed by atoms with Crippen molar-refractivity contribution in [1.82, 2.24) is 15.4 Å². The third kappa shape index (κ3) is 3.29. The van der Waals surface area contributed by atoms with Crippen LogP contribution in [0.1, 0.15) is 59.2 Å². The summed E-state index contributed by atoms with van der Waals surface area (Å²) in [5.74, 6) is 1.10. The molecule has 142 valence electrons. The Hall–Kier alpha value is -2.83. The molecule has 1 unspecified atom stereocenters. The van der Waals surface area contributed by atoms with E-state index in [0.717, 1.165) is 12.8 Å². The summed E-state index contributed by atoms with van der Waals surface area (Å²) in [4.78, 5) is 27.0. The normalized spacial score (nSPS) is 22.2. The van der Waals surface area contributed by atoms with Gasteiger partial charge < -0.3 is 19.5 Å². The van der Waals surface area contributed by atoms with Crippen LogP contribution in [0.5, 0.6) is 5.75 Å². The summed E-state index contributed by atoms with van der Waals surface area (Å²) in [6, 6.07) is 8.92. The monoisotopic (exact) mass is 369 g/mol. The molecule has 2 aliphatic rings. The second kappa shape index (κ2) is 6.72. The zero-order chi connectivity index (χ0) is 19.0. The van der Waals surface area contributed by atoms with Gasteiger partial charge in [0.15, 0.2) is 5.69 Å². The molecule has 1 N–H and O–H groups in total. The number of fused-ring (bicyclic) bond motifs is 1. The number of hydrogen-bond donors (Lipinski definition) is 1. The molecule has 1 aromatic carbocycles. The summed E-state index contributed by atoms with van der Waals surface area (Å²) < 4.78 is 11.6. The van der Waals surface area contributed by atoms with Crippen LogP contribution in [0.3, 0.4) is 0 Å². The number of rotatable bonds is 2. The maximum absolute atomic E-state index is 12.9. The van der Waals surface area contributed by atoms with E-state index in [2.05, 4.69) is 10.5 Å². The molecule has 3 heterocycles. The fourth-order valence-corrected chi connectivity index (χ4v) is 3.67. The molecule has 0 bridgehead atoms. The Labute approximate surface area is 157 Å². The van der Waals surface area contributed by atoms with Gasteiger partial charge in [0.25, 0.3) is 11.8 Å². The van der Waals surface area contributed by atoms with Crippen LogP contribution in [-0.2, 0) is 0 Å². The molecule has 7 heteroatoms. The molecular formula is C20H23N3O4. The van der Waals surface area contributed by atoms with E-state index in [4.69, 9.17) is 9.26 Å². The highest BCUT2D eigenvalue weighted by atomic mass is 16.5. The average molecular weight is 369 g/mol. The first-order valence-corrected chi connectivity index (χ1v) is 9.30. The number of nitrogens with one attached hydrogen (secondary N) is 1. The molecule has 0 saturated carbocycles. The highest BCUT2D eigenvalue weighted by molar-refractivity contribution is 5.97. The molecule has 1 fully saturated rings. The predicted molar refractivity (Wildman–Crippen MR) is 97.9 cm³/mol. The molecule has 2 aliphatic heterocycles. The van der Waals surface area contributed by atoms with Gasteiger partial charge in [0.2, 0.25) is 0 Å². The molecular weight excluding hydrogens is 346 g/mol. The summed E-state index contributed by atoms with van der Waals surface area (Å²) in [6.07, 6.45) is 1.56. The van der Waals surface area contributed by atoms with E-state index >= 15 is 0 Å². The lowest BCUT2D eigenvalue weighted by Crippen LogP contribution is -2.57. The van der Waals surface area contributed by atoms with Crippen LogP contribution in [0.2, 0.25) is 0 Å². The summed E-state index contributed by atoms with van der Waals surface area (Å²) in [5, 5.41) is 6.88. The number of ether oxygens (including phenoxy) is 1. The van der Waals surface area contributed by atoms with Crippen LogP contribution in [0.25, 0.3) is 0 Å². The second-order valence-electron chi connectivity index (χ2n) is 7.56.